The summed E-state index contributed by atoms with van der Waals surface area (Å²) in [7, 11) is -4.64. The van der Waals surface area contributed by atoms with Crippen molar-refractivity contribution < 1.29 is 17.2 Å². The van der Waals surface area contributed by atoms with E-state index in [0.29, 0.717) is 6.04 Å². The van der Waals surface area contributed by atoms with Gasteiger partial charge in [0.25, 0.3) is 0 Å². The molecule has 2 aromatic rings. The lowest BCUT2D eigenvalue weighted by Crippen LogP contribution is -2.14. The van der Waals surface area contributed by atoms with Crippen LogP contribution in [0.15, 0.2) is 41.4 Å². The quantitative estimate of drug-likeness (QED) is 0.860. The third kappa shape index (κ3) is 3.43. The van der Waals surface area contributed by atoms with Crippen molar-refractivity contribution in [1.29, 1.82) is 0 Å². The van der Waals surface area contributed by atoms with Gasteiger partial charge in [0, 0.05) is 6.20 Å². The van der Waals surface area contributed by atoms with Crippen LogP contribution in [-0.2, 0) is 16.4 Å². The summed E-state index contributed by atoms with van der Waals surface area (Å²) >= 11 is 0. The van der Waals surface area contributed by atoms with Gasteiger partial charge < -0.3 is 5.32 Å². The van der Waals surface area contributed by atoms with E-state index in [1.807, 2.05) is 16.9 Å². The number of halogens is 2. The predicted octanol–water partition coefficient (Wildman–Crippen LogP) is 3.61. The molecular weight excluding hydrogens is 336 g/mol. The van der Waals surface area contributed by atoms with E-state index in [1.165, 1.54) is 31.0 Å². The van der Waals surface area contributed by atoms with E-state index in [0.717, 1.165) is 18.5 Å². The maximum atomic E-state index is 12.8. The number of nitrogens with one attached hydrogen (secondary N) is 1. The third-order valence-electron chi connectivity index (χ3n) is 4.25. The molecule has 0 aliphatic heterocycles. The molecule has 1 aromatic carbocycles. The van der Waals surface area contributed by atoms with Crippen molar-refractivity contribution in [1.82, 2.24) is 9.78 Å². The first-order valence-electron chi connectivity index (χ1n) is 7.87. The first-order valence-corrected chi connectivity index (χ1v) is 9.42. The molecule has 0 radical (unpaired) electrons. The highest BCUT2D eigenvalue weighted by Crippen LogP contribution is 2.29. The van der Waals surface area contributed by atoms with Crippen LogP contribution in [-0.4, -0.2) is 24.0 Å². The van der Waals surface area contributed by atoms with Crippen molar-refractivity contribution in [2.45, 2.75) is 48.9 Å². The molecule has 0 bridgehead atoms. The van der Waals surface area contributed by atoms with E-state index in [1.54, 1.807) is 6.07 Å². The van der Waals surface area contributed by atoms with Gasteiger partial charge in [-0.1, -0.05) is 25.0 Å². The molecule has 3 rings (SSSR count). The van der Waals surface area contributed by atoms with Crippen molar-refractivity contribution in [3.63, 3.8) is 0 Å². The molecule has 0 spiro atoms. The Morgan fingerprint density at radius 3 is 2.62 bits per heavy atom. The summed E-state index contributed by atoms with van der Waals surface area (Å²) in [5.41, 5.74) is 0.902. The molecule has 8 heteroatoms. The lowest BCUT2D eigenvalue weighted by atomic mass is 10.3. The van der Waals surface area contributed by atoms with Crippen molar-refractivity contribution in [2.24, 2.45) is 0 Å². The molecule has 0 amide bonds. The minimum atomic E-state index is -4.64. The zero-order valence-electron chi connectivity index (χ0n) is 13.0. The van der Waals surface area contributed by atoms with Gasteiger partial charge in [0.05, 0.1) is 28.9 Å². The summed E-state index contributed by atoms with van der Waals surface area (Å²) < 4.78 is 51.0. The Balaban J connectivity index is 1.73. The van der Waals surface area contributed by atoms with E-state index in [4.69, 9.17) is 0 Å². The number of nitrogens with zero attached hydrogens (tertiary/aromatic N) is 2. The Morgan fingerprint density at radius 1 is 1.21 bits per heavy atom. The fraction of sp³-hybridized carbons (Fsp3) is 0.438. The Hall–Kier alpha value is -1.96. The Labute approximate surface area is 139 Å². The first kappa shape index (κ1) is 16.9. The molecule has 0 atom stereocenters. The van der Waals surface area contributed by atoms with Crippen LogP contribution < -0.4 is 5.32 Å². The van der Waals surface area contributed by atoms with E-state index in [9.17, 15) is 17.2 Å². The lowest BCUT2D eigenvalue weighted by molar-refractivity contribution is 0.235. The van der Waals surface area contributed by atoms with Crippen molar-refractivity contribution in [3.8, 4) is 0 Å². The Bertz CT molecular complexity index is 799. The van der Waals surface area contributed by atoms with Crippen LogP contribution in [0.4, 0.5) is 14.5 Å². The molecule has 0 saturated heterocycles. The predicted molar refractivity (Wildman–Crippen MR) is 86.7 cm³/mol. The third-order valence-corrected chi connectivity index (χ3v) is 5.69. The molecule has 1 aromatic heterocycles. The van der Waals surface area contributed by atoms with Gasteiger partial charge in [-0.2, -0.15) is 13.9 Å². The zero-order valence-corrected chi connectivity index (χ0v) is 13.8. The zero-order chi connectivity index (χ0) is 17.2. The second-order valence-corrected chi connectivity index (χ2v) is 7.77. The van der Waals surface area contributed by atoms with E-state index >= 15 is 0 Å². The fourth-order valence-corrected chi connectivity index (χ4v) is 3.89. The van der Waals surface area contributed by atoms with Gasteiger partial charge in [-0.25, -0.2) is 8.42 Å². The highest BCUT2D eigenvalue weighted by molar-refractivity contribution is 7.91. The molecule has 1 aliphatic rings. The van der Waals surface area contributed by atoms with Gasteiger partial charge in [0.1, 0.15) is 0 Å². The van der Waals surface area contributed by atoms with Gasteiger partial charge in [0.2, 0.25) is 9.84 Å². The number of rotatable bonds is 6. The van der Waals surface area contributed by atoms with E-state index in [-0.39, 0.29) is 12.2 Å². The van der Waals surface area contributed by atoms with Crippen LogP contribution in [0, 0.1) is 0 Å². The van der Waals surface area contributed by atoms with Gasteiger partial charge in [-0.05, 0) is 31.0 Å². The summed E-state index contributed by atoms with van der Waals surface area (Å²) in [6.07, 6.45) is 6.55. The van der Waals surface area contributed by atoms with Crippen LogP contribution in [0.25, 0.3) is 0 Å². The van der Waals surface area contributed by atoms with Crippen LogP contribution in [0.5, 0.6) is 0 Å². The molecule has 1 fully saturated rings. The lowest BCUT2D eigenvalue weighted by Gasteiger charge is -2.12. The van der Waals surface area contributed by atoms with E-state index < -0.39 is 20.5 Å². The van der Waals surface area contributed by atoms with Crippen molar-refractivity contribution in [2.75, 3.05) is 5.32 Å². The summed E-state index contributed by atoms with van der Waals surface area (Å²) in [5, 5.41) is 7.40. The monoisotopic (exact) mass is 355 g/mol. The highest BCUT2D eigenvalue weighted by Gasteiger charge is 2.29. The van der Waals surface area contributed by atoms with E-state index in [2.05, 4.69) is 10.4 Å². The number of hydrogen-bond acceptors (Lipinski definition) is 4. The number of aromatic nitrogens is 2. The molecule has 5 nitrogen and oxygen atoms in total. The smallest absolute Gasteiger partial charge is 0.341 e. The minimum absolute atomic E-state index is 0.160. The van der Waals surface area contributed by atoms with Gasteiger partial charge in [0.15, 0.2) is 0 Å². The number of hydrogen-bond donors (Lipinski definition) is 1. The van der Waals surface area contributed by atoms with Crippen molar-refractivity contribution in [3.05, 3.63) is 42.2 Å². The number of benzene rings is 1. The number of anilines is 1. The molecule has 24 heavy (non-hydrogen) atoms. The summed E-state index contributed by atoms with van der Waals surface area (Å²) in [4.78, 5) is -0.393. The molecule has 1 aliphatic carbocycles. The maximum Gasteiger partial charge on any atom is 0.341 e. The second-order valence-electron chi connectivity index (χ2n) is 5.88. The molecule has 1 N–H and O–H groups in total. The summed E-state index contributed by atoms with van der Waals surface area (Å²) in [5.74, 6) is -3.44. The fourth-order valence-electron chi connectivity index (χ4n) is 2.99. The Kier molecular flexibility index (Phi) is 4.84. The van der Waals surface area contributed by atoms with Crippen LogP contribution in [0.3, 0.4) is 0 Å². The Morgan fingerprint density at radius 2 is 1.92 bits per heavy atom. The van der Waals surface area contributed by atoms with Gasteiger partial charge >= 0.3 is 5.76 Å². The standard InChI is InChI=1S/C16H19F2N3O2S/c17-16(18)24(22,23)15-8-4-3-7-14(15)19-11-12-9-10-21(20-12)13-5-1-2-6-13/h3-4,7-10,13,16,19H,1-2,5-6,11H2. The van der Waals surface area contributed by atoms with Crippen LogP contribution in [0.1, 0.15) is 37.4 Å². The molecule has 1 saturated carbocycles. The van der Waals surface area contributed by atoms with Crippen LogP contribution >= 0.6 is 0 Å². The normalized spacial score (nSPS) is 16.0. The highest BCUT2D eigenvalue weighted by atomic mass is 32.2. The molecule has 1 heterocycles. The average molecular weight is 355 g/mol. The first-order chi connectivity index (χ1) is 11.5. The molecule has 0 unspecified atom stereocenters. The number of sulfone groups is 1. The van der Waals surface area contributed by atoms with Gasteiger partial charge in [-0.15, -0.1) is 0 Å². The maximum absolute atomic E-state index is 12.8. The molecular formula is C16H19F2N3O2S. The largest absolute Gasteiger partial charge is 0.378 e. The molecule has 130 valence electrons. The summed E-state index contributed by atoms with van der Waals surface area (Å²) in [6.45, 7) is 0.273. The van der Waals surface area contributed by atoms with Crippen molar-refractivity contribution >= 4 is 15.5 Å². The topological polar surface area (TPSA) is 64.0 Å². The summed E-state index contributed by atoms with van der Waals surface area (Å²) in [6, 6.07) is 7.96. The van der Waals surface area contributed by atoms with Crippen LogP contribution in [0.2, 0.25) is 0 Å². The van der Waals surface area contributed by atoms with Gasteiger partial charge in [-0.3, -0.25) is 4.68 Å². The number of para-hydroxylation sites is 1. The minimum Gasteiger partial charge on any atom is -0.378 e. The number of alkyl halides is 2. The SMILES string of the molecule is O=S(=O)(c1ccccc1NCc1ccn(C2CCCC2)n1)C(F)F. The average Bonchev–Trinajstić information content (AvgIpc) is 3.24. The second kappa shape index (κ2) is 6.88.